The van der Waals surface area contributed by atoms with Crippen LogP contribution in [0.2, 0.25) is 0 Å². The zero-order valence-corrected chi connectivity index (χ0v) is 19.8. The SMILES string of the molecule is O=C1[C@@H]2Cc3c([nH]c4ccccc34)C(c3cccc(Br)c3)N2C(=O)CN1Cc1ccc(F)cc1. The lowest BCUT2D eigenvalue weighted by Crippen LogP contribution is -2.62. The highest BCUT2D eigenvalue weighted by molar-refractivity contribution is 9.10. The van der Waals surface area contributed by atoms with Gasteiger partial charge in [-0.15, -0.1) is 0 Å². The predicted molar refractivity (Wildman–Crippen MR) is 130 cm³/mol. The summed E-state index contributed by atoms with van der Waals surface area (Å²) in [6.07, 6.45) is 0.453. The number of aromatic nitrogens is 1. The first-order valence-electron chi connectivity index (χ1n) is 11.2. The van der Waals surface area contributed by atoms with Gasteiger partial charge >= 0.3 is 0 Å². The second kappa shape index (κ2) is 8.09. The molecule has 1 aromatic heterocycles. The molecule has 1 N–H and O–H groups in total. The Bertz CT molecular complexity index is 1430. The van der Waals surface area contributed by atoms with Crippen LogP contribution in [0, 0.1) is 5.82 Å². The Kier molecular flexibility index (Phi) is 5.03. The minimum Gasteiger partial charge on any atom is -0.356 e. The Hall–Kier alpha value is -3.45. The maximum Gasteiger partial charge on any atom is 0.246 e. The number of H-pyrrole nitrogens is 1. The van der Waals surface area contributed by atoms with Gasteiger partial charge in [-0.1, -0.05) is 58.4 Å². The zero-order chi connectivity index (χ0) is 23.4. The molecule has 2 aliphatic rings. The third kappa shape index (κ3) is 3.42. The molecular weight excluding hydrogens is 497 g/mol. The molecule has 0 bridgehead atoms. The summed E-state index contributed by atoms with van der Waals surface area (Å²) in [6.45, 7) is 0.268. The Labute approximate surface area is 204 Å². The summed E-state index contributed by atoms with van der Waals surface area (Å²) in [5.41, 5.74) is 4.77. The number of amides is 2. The van der Waals surface area contributed by atoms with Gasteiger partial charge in [0.25, 0.3) is 0 Å². The van der Waals surface area contributed by atoms with Crippen molar-refractivity contribution in [3.63, 3.8) is 0 Å². The number of rotatable bonds is 3. The van der Waals surface area contributed by atoms with Crippen molar-refractivity contribution >= 4 is 38.6 Å². The van der Waals surface area contributed by atoms with Crippen molar-refractivity contribution in [2.24, 2.45) is 0 Å². The molecule has 7 heteroatoms. The fourth-order valence-corrected chi connectivity index (χ4v) is 5.71. The molecular formula is C27H21BrFN3O2. The molecule has 4 aromatic rings. The minimum absolute atomic E-state index is 0.00717. The molecule has 2 amide bonds. The van der Waals surface area contributed by atoms with Crippen LogP contribution in [0.3, 0.4) is 0 Å². The van der Waals surface area contributed by atoms with Crippen molar-refractivity contribution in [1.29, 1.82) is 0 Å². The topological polar surface area (TPSA) is 56.4 Å². The standard InChI is InChI=1S/C27H21BrFN3O2/c28-18-5-3-4-17(12-18)26-25-21(20-6-1-2-7-22(20)30-25)13-23-27(34)31(15-24(33)32(23)26)14-16-8-10-19(29)11-9-16/h1-12,23,26,30H,13-15H2/t23-,26?/m0/s1. The van der Waals surface area contributed by atoms with Crippen molar-refractivity contribution in [2.45, 2.75) is 25.0 Å². The van der Waals surface area contributed by atoms with Crippen LogP contribution in [0.1, 0.15) is 28.4 Å². The number of hydrogen-bond donors (Lipinski definition) is 1. The van der Waals surface area contributed by atoms with E-state index in [2.05, 4.69) is 27.0 Å². The molecule has 2 aliphatic heterocycles. The number of hydrogen-bond acceptors (Lipinski definition) is 2. The van der Waals surface area contributed by atoms with Crippen LogP contribution in [-0.2, 0) is 22.6 Å². The zero-order valence-electron chi connectivity index (χ0n) is 18.2. The first-order chi connectivity index (χ1) is 16.5. The maximum atomic E-state index is 13.7. The second-order valence-corrected chi connectivity index (χ2v) is 9.78. The summed E-state index contributed by atoms with van der Waals surface area (Å²) in [4.78, 5) is 34.2. The Morgan fingerprint density at radius 3 is 2.59 bits per heavy atom. The number of piperazine rings is 1. The Balaban J connectivity index is 1.45. The third-order valence-corrected chi connectivity index (χ3v) is 7.29. The highest BCUT2D eigenvalue weighted by Crippen LogP contribution is 2.43. The first-order valence-corrected chi connectivity index (χ1v) is 12.0. The van der Waals surface area contributed by atoms with Crippen LogP contribution in [0.5, 0.6) is 0 Å². The second-order valence-electron chi connectivity index (χ2n) is 8.86. The quantitative estimate of drug-likeness (QED) is 0.417. The number of aromatic amines is 1. The number of carbonyl (C=O) groups excluding carboxylic acids is 2. The third-order valence-electron chi connectivity index (χ3n) is 6.79. The van der Waals surface area contributed by atoms with E-state index in [0.717, 1.165) is 37.8 Å². The lowest BCUT2D eigenvalue weighted by atomic mass is 9.86. The molecule has 1 saturated heterocycles. The van der Waals surface area contributed by atoms with E-state index >= 15 is 0 Å². The van der Waals surface area contributed by atoms with Crippen LogP contribution in [0.4, 0.5) is 4.39 Å². The summed E-state index contributed by atoms with van der Waals surface area (Å²) in [5, 5.41) is 1.08. The molecule has 0 spiro atoms. The molecule has 1 fully saturated rings. The molecule has 0 aliphatic carbocycles. The summed E-state index contributed by atoms with van der Waals surface area (Å²) in [6, 6.07) is 21.0. The van der Waals surface area contributed by atoms with Gasteiger partial charge in [-0.05, 0) is 47.0 Å². The maximum absolute atomic E-state index is 13.7. The summed E-state index contributed by atoms with van der Waals surface area (Å²) >= 11 is 3.55. The van der Waals surface area contributed by atoms with E-state index in [9.17, 15) is 14.0 Å². The van der Waals surface area contributed by atoms with Gasteiger partial charge in [0, 0.05) is 34.0 Å². The number of carbonyl (C=O) groups is 2. The van der Waals surface area contributed by atoms with Gasteiger partial charge in [-0.25, -0.2) is 4.39 Å². The van der Waals surface area contributed by atoms with Gasteiger partial charge in [0.15, 0.2) is 0 Å². The number of halogens is 2. The smallest absolute Gasteiger partial charge is 0.246 e. The van der Waals surface area contributed by atoms with Crippen LogP contribution in [0.15, 0.2) is 77.3 Å². The van der Waals surface area contributed by atoms with E-state index in [0.29, 0.717) is 6.42 Å². The highest BCUT2D eigenvalue weighted by Gasteiger charge is 2.48. The Morgan fingerprint density at radius 1 is 1.00 bits per heavy atom. The monoisotopic (exact) mass is 517 g/mol. The number of benzene rings is 3. The van der Waals surface area contributed by atoms with Gasteiger partial charge in [0.05, 0.1) is 6.04 Å². The molecule has 0 saturated carbocycles. The molecule has 3 heterocycles. The molecule has 170 valence electrons. The van der Waals surface area contributed by atoms with E-state index in [1.54, 1.807) is 21.9 Å². The van der Waals surface area contributed by atoms with Gasteiger partial charge < -0.3 is 14.8 Å². The molecule has 6 rings (SSSR count). The molecule has 34 heavy (non-hydrogen) atoms. The van der Waals surface area contributed by atoms with Gasteiger partial charge in [0.2, 0.25) is 11.8 Å². The van der Waals surface area contributed by atoms with Crippen LogP contribution < -0.4 is 0 Å². The van der Waals surface area contributed by atoms with Crippen molar-refractivity contribution in [3.8, 4) is 0 Å². The Morgan fingerprint density at radius 2 is 1.79 bits per heavy atom. The molecule has 2 atom stereocenters. The number of para-hydroxylation sites is 1. The predicted octanol–water partition coefficient (Wildman–Crippen LogP) is 4.95. The van der Waals surface area contributed by atoms with E-state index in [-0.39, 0.29) is 36.8 Å². The van der Waals surface area contributed by atoms with Gasteiger partial charge in [0.1, 0.15) is 18.4 Å². The van der Waals surface area contributed by atoms with E-state index in [4.69, 9.17) is 0 Å². The van der Waals surface area contributed by atoms with Crippen molar-refractivity contribution < 1.29 is 14.0 Å². The molecule has 3 aromatic carbocycles. The highest BCUT2D eigenvalue weighted by atomic mass is 79.9. The van der Waals surface area contributed by atoms with Crippen molar-refractivity contribution in [1.82, 2.24) is 14.8 Å². The summed E-state index contributed by atoms with van der Waals surface area (Å²) in [5.74, 6) is -0.507. The number of nitrogens with one attached hydrogen (secondary N) is 1. The molecule has 5 nitrogen and oxygen atoms in total. The van der Waals surface area contributed by atoms with Gasteiger partial charge in [-0.2, -0.15) is 0 Å². The fourth-order valence-electron chi connectivity index (χ4n) is 5.29. The van der Waals surface area contributed by atoms with E-state index < -0.39 is 6.04 Å². The van der Waals surface area contributed by atoms with Crippen molar-refractivity contribution in [2.75, 3.05) is 6.54 Å². The van der Waals surface area contributed by atoms with E-state index in [1.165, 1.54) is 12.1 Å². The lowest BCUT2D eigenvalue weighted by molar-refractivity contribution is -0.159. The van der Waals surface area contributed by atoms with Crippen LogP contribution in [-0.4, -0.2) is 39.2 Å². The minimum atomic E-state index is -0.600. The summed E-state index contributed by atoms with van der Waals surface area (Å²) < 4.78 is 14.3. The van der Waals surface area contributed by atoms with Crippen LogP contribution in [0.25, 0.3) is 10.9 Å². The van der Waals surface area contributed by atoms with Crippen LogP contribution >= 0.6 is 15.9 Å². The number of nitrogens with zero attached hydrogens (tertiary/aromatic N) is 2. The lowest BCUT2D eigenvalue weighted by Gasteiger charge is -2.47. The average Bonchev–Trinajstić information content (AvgIpc) is 3.21. The van der Waals surface area contributed by atoms with E-state index in [1.807, 2.05) is 42.5 Å². The summed E-state index contributed by atoms with van der Waals surface area (Å²) in [7, 11) is 0. The fraction of sp³-hybridized carbons (Fsp3) is 0.185. The molecule has 0 radical (unpaired) electrons. The normalized spacial score (nSPS) is 19.9. The largest absolute Gasteiger partial charge is 0.356 e. The van der Waals surface area contributed by atoms with Crippen molar-refractivity contribution in [3.05, 3.63) is 105 Å². The van der Waals surface area contributed by atoms with Gasteiger partial charge in [-0.3, -0.25) is 9.59 Å². The number of fused-ring (bicyclic) bond motifs is 4. The molecule has 1 unspecified atom stereocenters. The first kappa shape index (κ1) is 21.1. The average molecular weight is 518 g/mol.